The van der Waals surface area contributed by atoms with Crippen molar-refractivity contribution < 1.29 is 102 Å². The molecule has 3 rings (SSSR count). The van der Waals surface area contributed by atoms with Gasteiger partial charge in [-0.15, -0.1) is 0 Å². The number of hydrogen-bond acceptors (Lipinski definition) is 23. The number of likely N-dealkylation sites (tertiary alicyclic amines) is 1. The van der Waals surface area contributed by atoms with Crippen molar-refractivity contribution in [2.75, 3.05) is 45.0 Å². The Hall–Kier alpha value is -8.74. The van der Waals surface area contributed by atoms with Crippen LogP contribution in [0, 0.1) is 17.8 Å². The second-order valence-electron chi connectivity index (χ2n) is 26.3. The maximum Gasteiger partial charge on any atom is 0.426 e. The fourth-order valence-electron chi connectivity index (χ4n) is 11.0. The molecule has 0 saturated carbocycles. The average Bonchev–Trinajstić information content (AvgIpc) is 0.814. The Morgan fingerprint density at radius 3 is 1.98 bits per heavy atom. The van der Waals surface area contributed by atoms with E-state index in [2.05, 4.69) is 48.1 Å². The Kier molecular flexibility index (Phi) is 42.6. The van der Waals surface area contributed by atoms with E-state index in [0.717, 1.165) is 52.7 Å². The molecule has 0 bridgehead atoms. The van der Waals surface area contributed by atoms with Gasteiger partial charge in [-0.2, -0.15) is 0 Å². The summed E-state index contributed by atoms with van der Waals surface area (Å²) < 4.78 is 16.8. The standard InChI is InChI=1S/C71H105N11O21S4/c1-11-20-59(88)102-40-82(66(94)60(42(5)12-2)78-65(93)55-24-17-19-30-81(55)10)56(41(3)4)37-57(103-46(9)84)69(104)105-38-44(7)61(89)74-49(34-48-25-27-50(85)28-26-48)33-43(6)62(90)79-80-71(100)101-31-32-106-107-39-54(68(97)98)76-63(91)52(35-47-21-14-13-15-22-47)75-64(92)53(36-58(86)87)77-70(99)72-29-18-16-23-51(67(95)96)73-45(8)83/h13-15,21-22,25-28,38,41-43,49,51-57,60,85H,11-12,16-20,23-24,29-37,39-40H2,1-10H3,(H,73,83)(H,74,89)(H,75,92)(H,76,91)(H,78,93)(H,79,90)(H,80,100)(H,86,87)(H,95,96)(H,97,98)(H2,72,77,99)/b44-38+/t42?,43-,49+,51-,52-,53-,54-,55+,56+,57+,60-/m0/s1. The lowest BCUT2D eigenvalue weighted by atomic mass is 9.92. The second-order valence-corrected chi connectivity index (χ2v) is 30.5. The number of amides is 10. The number of hydrazine groups is 1. The van der Waals surface area contributed by atoms with Gasteiger partial charge < -0.3 is 76.8 Å². The van der Waals surface area contributed by atoms with Crippen molar-refractivity contribution in [1.82, 2.24) is 57.9 Å². The van der Waals surface area contributed by atoms with Gasteiger partial charge in [0, 0.05) is 74.7 Å². The van der Waals surface area contributed by atoms with E-state index in [1.54, 1.807) is 49.4 Å². The number of piperidine rings is 1. The van der Waals surface area contributed by atoms with Crippen LogP contribution in [0.5, 0.6) is 5.75 Å². The van der Waals surface area contributed by atoms with Crippen molar-refractivity contribution in [1.29, 1.82) is 0 Å². The van der Waals surface area contributed by atoms with Gasteiger partial charge in [-0.05, 0) is 112 Å². The molecule has 32 nitrogen and oxygen atoms in total. The maximum atomic E-state index is 15.0. The van der Waals surface area contributed by atoms with Crippen molar-refractivity contribution in [3.63, 3.8) is 0 Å². The van der Waals surface area contributed by atoms with Crippen LogP contribution >= 0.6 is 45.6 Å². The zero-order valence-electron chi connectivity index (χ0n) is 62.1. The number of carbonyl (C=O) groups is 14. The summed E-state index contributed by atoms with van der Waals surface area (Å²) in [5, 5.41) is 58.3. The molecule has 1 aliphatic heterocycles. The smallest absolute Gasteiger partial charge is 0.426 e. The summed E-state index contributed by atoms with van der Waals surface area (Å²) in [5.74, 6) is -11.7. The quantitative estimate of drug-likeness (QED) is 0.00589. The van der Waals surface area contributed by atoms with Gasteiger partial charge in [0.2, 0.25) is 41.4 Å². The molecule has 0 radical (unpaired) electrons. The maximum absolute atomic E-state index is 15.0. The first-order valence-corrected chi connectivity index (χ1v) is 39.1. The molecule has 0 spiro atoms. The third-order valence-corrected chi connectivity index (χ3v) is 21.0. The van der Waals surface area contributed by atoms with Gasteiger partial charge >= 0.3 is 42.0 Å². The van der Waals surface area contributed by atoms with E-state index >= 15 is 0 Å². The fourth-order valence-corrected chi connectivity index (χ4v) is 14.0. The number of carbonyl (C=O) groups excluding carboxylic acids is 11. The molecule has 1 fully saturated rings. The van der Waals surface area contributed by atoms with Crippen LogP contribution in [0.3, 0.4) is 0 Å². The molecule has 11 atom stereocenters. The minimum Gasteiger partial charge on any atom is -0.508 e. The van der Waals surface area contributed by atoms with Crippen LogP contribution in [0.15, 0.2) is 65.6 Å². The van der Waals surface area contributed by atoms with E-state index in [-0.39, 0.29) is 109 Å². The summed E-state index contributed by atoms with van der Waals surface area (Å²) in [5.41, 5.74) is 5.85. The first-order valence-electron chi connectivity index (χ1n) is 35.3. The summed E-state index contributed by atoms with van der Waals surface area (Å²) in [6, 6.07) is 4.70. The third kappa shape index (κ3) is 35.7. The van der Waals surface area contributed by atoms with Crippen LogP contribution in [-0.2, 0) is 84.6 Å². The van der Waals surface area contributed by atoms with Crippen molar-refractivity contribution in [2.24, 2.45) is 17.8 Å². The van der Waals surface area contributed by atoms with Crippen molar-refractivity contribution in [3.05, 3.63) is 76.7 Å². The number of likely N-dealkylation sites (N-methyl/N-ethyl adjacent to an activating group) is 1. The lowest BCUT2D eigenvalue weighted by Gasteiger charge is -2.39. The highest BCUT2D eigenvalue weighted by molar-refractivity contribution is 8.76. The van der Waals surface area contributed by atoms with Crippen LogP contribution in [0.4, 0.5) is 9.59 Å². The van der Waals surface area contributed by atoms with E-state index in [1.807, 2.05) is 46.6 Å². The molecule has 0 aromatic heterocycles. The Bertz CT molecular complexity index is 3360. The van der Waals surface area contributed by atoms with E-state index in [1.165, 1.54) is 43.2 Å². The number of urea groups is 1. The highest BCUT2D eigenvalue weighted by Crippen LogP contribution is 2.28. The first kappa shape index (κ1) is 92.5. The third-order valence-electron chi connectivity index (χ3n) is 17.1. The largest absolute Gasteiger partial charge is 0.508 e. The number of aliphatic carboxylic acids is 3. The number of rotatable bonds is 46. The Morgan fingerprint density at radius 1 is 0.720 bits per heavy atom. The number of thioether (sulfide) groups is 1. The van der Waals surface area contributed by atoms with E-state index in [0.29, 0.717) is 30.4 Å². The lowest BCUT2D eigenvalue weighted by Crippen LogP contribution is -2.59. The van der Waals surface area contributed by atoms with Gasteiger partial charge in [-0.3, -0.25) is 58.3 Å². The van der Waals surface area contributed by atoms with Gasteiger partial charge in [-0.1, -0.05) is 142 Å². The molecule has 13 N–H and O–H groups in total. The van der Waals surface area contributed by atoms with Crippen LogP contribution < -0.4 is 48.1 Å². The summed E-state index contributed by atoms with van der Waals surface area (Å²) in [7, 11) is 3.93. The Balaban J connectivity index is 1.65. The number of esters is 2. The molecular weight excluding hydrogens is 1470 g/mol. The number of nitrogens with zero attached hydrogens (tertiary/aromatic N) is 2. The Labute approximate surface area is 641 Å². The van der Waals surface area contributed by atoms with Gasteiger partial charge in [0.25, 0.3) is 0 Å². The molecule has 2 aromatic rings. The predicted molar refractivity (Wildman–Crippen MR) is 405 cm³/mol. The average molecular weight is 1580 g/mol. The normalized spacial score (nSPS) is 15.7. The predicted octanol–water partition coefficient (Wildman–Crippen LogP) is 5.24. The molecular formula is C71H105N11O21S4. The summed E-state index contributed by atoms with van der Waals surface area (Å²) >= 11 is 6.82. The number of carboxylic acids is 3. The number of phenolic OH excluding ortho intramolecular Hbond substituents is 1. The number of aromatic hydroxyl groups is 1. The lowest BCUT2D eigenvalue weighted by molar-refractivity contribution is -0.160. The van der Waals surface area contributed by atoms with E-state index < -0.39 is 151 Å². The molecule has 36 heteroatoms. The number of carboxylic acid groups (broad SMARTS) is 3. The highest BCUT2D eigenvalue weighted by Gasteiger charge is 2.40. The topological polar surface area (TPSA) is 462 Å². The second kappa shape index (κ2) is 49.3. The number of unbranched alkanes of at least 4 members (excludes halogenated alkanes) is 1. The molecule has 1 aliphatic rings. The molecule has 2 aromatic carbocycles. The van der Waals surface area contributed by atoms with Gasteiger partial charge in [0.15, 0.2) is 6.73 Å². The summed E-state index contributed by atoms with van der Waals surface area (Å²) in [4.78, 5) is 185. The number of nitrogens with one attached hydrogen (secondary N) is 9. The molecule has 10 amide bonds. The zero-order valence-corrected chi connectivity index (χ0v) is 65.4. The van der Waals surface area contributed by atoms with Crippen LogP contribution in [0.1, 0.15) is 150 Å². The fraction of sp³-hybridized carbons (Fsp3) is 0.592. The SMILES string of the molecule is CCCC(=O)OCN(C(=O)[C@@H](NC(=O)[C@H]1CCCCN1C)C(C)CC)[C@H](C[C@@H](OC(C)=O)C(=S)S/C=C(\C)C(=O)N[C@@H](Cc1ccc(O)cc1)C[C@H](C)C(=O)NNC(=O)OCCSSC[C@H](NC(=O)[C@H](Cc1ccccc1)NC(=O)[C@H](CC(=O)O)NC(=O)NCCCC[C@H](NC(C)=O)C(=O)O)C(=O)O)C(C)C. The minimum atomic E-state index is -1.72. The number of phenols is 1. The molecule has 0 aliphatic carbocycles. The minimum absolute atomic E-state index is 0.00530. The van der Waals surface area contributed by atoms with Crippen molar-refractivity contribution >= 4 is 133 Å². The monoisotopic (exact) mass is 1580 g/mol. The van der Waals surface area contributed by atoms with Crippen molar-refractivity contribution in [2.45, 2.75) is 207 Å². The molecule has 1 heterocycles. The molecule has 1 saturated heterocycles. The van der Waals surface area contributed by atoms with Gasteiger partial charge in [0.05, 0.1) is 16.7 Å². The van der Waals surface area contributed by atoms with E-state index in [9.17, 15) is 87.5 Å². The van der Waals surface area contributed by atoms with Crippen molar-refractivity contribution in [3.8, 4) is 5.75 Å². The summed E-state index contributed by atoms with van der Waals surface area (Å²) in [6.07, 6.45) is 0.974. The van der Waals surface area contributed by atoms with Crippen LogP contribution in [0.25, 0.3) is 0 Å². The molecule has 107 heavy (non-hydrogen) atoms. The first-order chi connectivity index (χ1) is 50.6. The van der Waals surface area contributed by atoms with E-state index in [4.69, 9.17) is 26.4 Å². The molecule has 594 valence electrons. The highest BCUT2D eigenvalue weighted by atomic mass is 33.1. The Morgan fingerprint density at radius 2 is 1.37 bits per heavy atom. The zero-order chi connectivity index (χ0) is 79.9. The van der Waals surface area contributed by atoms with Gasteiger partial charge in [-0.25, -0.2) is 24.6 Å². The number of hydrogen-bond donors (Lipinski definition) is 13. The number of ether oxygens (including phenoxy) is 3. The molecule has 1 unspecified atom stereocenters. The van der Waals surface area contributed by atoms with Crippen LogP contribution in [-0.4, -0.2) is 217 Å². The van der Waals surface area contributed by atoms with Gasteiger partial charge in [0.1, 0.15) is 48.7 Å². The number of benzene rings is 2. The van der Waals surface area contributed by atoms with Crippen LogP contribution in [0.2, 0.25) is 0 Å². The number of thiocarbonyl (C=S) groups is 1. The summed E-state index contributed by atoms with van der Waals surface area (Å²) in [6.45, 7) is 14.7.